The molecule has 32 heavy (non-hydrogen) atoms. The largest absolute Gasteiger partial charge is 0.454 e. The van der Waals surface area contributed by atoms with Crippen molar-refractivity contribution in [3.63, 3.8) is 0 Å². The van der Waals surface area contributed by atoms with Gasteiger partial charge in [-0.15, -0.1) is 0 Å². The number of rotatable bonds is 8. The van der Waals surface area contributed by atoms with Crippen molar-refractivity contribution < 1.29 is 31.1 Å². The molecular weight excluding hydrogens is 440 g/mol. The van der Waals surface area contributed by atoms with E-state index in [0.717, 1.165) is 17.7 Å². The third-order valence-electron chi connectivity index (χ3n) is 3.97. The lowest BCUT2D eigenvalue weighted by atomic mass is 10.1. The molecule has 0 unspecified atom stereocenters. The summed E-state index contributed by atoms with van der Waals surface area (Å²) in [5.74, 6) is -0.374. The minimum absolute atomic E-state index is 0.0111. The lowest BCUT2D eigenvalue weighted by Gasteiger charge is -2.13. The van der Waals surface area contributed by atoms with Crippen LogP contribution in [-0.4, -0.2) is 34.3 Å². The van der Waals surface area contributed by atoms with Crippen LogP contribution in [0.5, 0.6) is 6.01 Å². The van der Waals surface area contributed by atoms with Gasteiger partial charge in [-0.1, -0.05) is 36.4 Å². The quantitative estimate of drug-likeness (QED) is 0.452. The van der Waals surface area contributed by atoms with Crippen LogP contribution in [0.25, 0.3) is 0 Å². The molecule has 0 radical (unpaired) electrons. The first-order valence-electron chi connectivity index (χ1n) is 9.26. The molecule has 0 atom stereocenters. The topological polar surface area (TPSA) is 72.0 Å². The maximum absolute atomic E-state index is 12.9. The zero-order valence-corrected chi connectivity index (χ0v) is 16.3. The second kappa shape index (κ2) is 9.71. The first kappa shape index (κ1) is 23.1. The smallest absolute Gasteiger partial charge is 0.422 e. The monoisotopic (exact) mass is 457 g/mol. The highest BCUT2D eigenvalue weighted by Gasteiger charge is 2.31. The zero-order valence-electron chi connectivity index (χ0n) is 16.3. The Hall–Kier alpha value is -3.57. The number of hydrogen-bond acceptors (Lipinski definition) is 6. The first-order valence-corrected chi connectivity index (χ1v) is 9.26. The van der Waals surface area contributed by atoms with E-state index in [1.807, 2.05) is 30.3 Å². The number of anilines is 3. The number of halogens is 6. The number of aromatic nitrogens is 3. The van der Waals surface area contributed by atoms with Crippen LogP contribution in [0.15, 0.2) is 54.6 Å². The van der Waals surface area contributed by atoms with Crippen molar-refractivity contribution in [3.05, 3.63) is 65.7 Å². The van der Waals surface area contributed by atoms with Gasteiger partial charge in [-0.05, 0) is 30.2 Å². The molecule has 170 valence electrons. The molecule has 0 saturated heterocycles. The van der Waals surface area contributed by atoms with Crippen LogP contribution in [0.2, 0.25) is 0 Å². The summed E-state index contributed by atoms with van der Waals surface area (Å²) in [6, 6.07) is 12.9. The molecule has 3 aromatic rings. The van der Waals surface area contributed by atoms with Gasteiger partial charge in [0.15, 0.2) is 6.61 Å². The molecule has 0 aliphatic carbocycles. The van der Waals surface area contributed by atoms with Crippen LogP contribution >= 0.6 is 0 Å². The van der Waals surface area contributed by atoms with Gasteiger partial charge in [-0.25, -0.2) is 0 Å². The molecule has 0 fully saturated rings. The minimum atomic E-state index is -4.62. The van der Waals surface area contributed by atoms with Gasteiger partial charge in [0.25, 0.3) is 0 Å². The normalized spacial score (nSPS) is 11.8. The summed E-state index contributed by atoms with van der Waals surface area (Å²) < 4.78 is 80.9. The summed E-state index contributed by atoms with van der Waals surface area (Å²) in [5.41, 5.74) is 0.0826. The van der Waals surface area contributed by atoms with Crippen LogP contribution in [-0.2, 0) is 12.6 Å². The average Bonchev–Trinajstić information content (AvgIpc) is 2.72. The van der Waals surface area contributed by atoms with Gasteiger partial charge in [0.1, 0.15) is 0 Å². The predicted octanol–water partition coefficient (Wildman–Crippen LogP) is 5.23. The third-order valence-corrected chi connectivity index (χ3v) is 3.97. The van der Waals surface area contributed by atoms with Crippen LogP contribution in [0.1, 0.15) is 11.1 Å². The Balaban J connectivity index is 1.78. The highest BCUT2D eigenvalue weighted by Crippen LogP contribution is 2.31. The molecule has 0 saturated carbocycles. The van der Waals surface area contributed by atoms with E-state index < -0.39 is 30.5 Å². The van der Waals surface area contributed by atoms with E-state index in [4.69, 9.17) is 0 Å². The van der Waals surface area contributed by atoms with Crippen molar-refractivity contribution in [2.45, 2.75) is 18.8 Å². The first-order chi connectivity index (χ1) is 15.1. The maximum Gasteiger partial charge on any atom is 0.422 e. The Morgan fingerprint density at radius 3 is 2.22 bits per heavy atom. The summed E-state index contributed by atoms with van der Waals surface area (Å²) >= 11 is 0. The predicted molar refractivity (Wildman–Crippen MR) is 105 cm³/mol. The molecule has 1 heterocycles. The number of hydrogen-bond donors (Lipinski definition) is 2. The van der Waals surface area contributed by atoms with E-state index in [9.17, 15) is 26.3 Å². The maximum atomic E-state index is 12.9. The van der Waals surface area contributed by atoms with Crippen molar-refractivity contribution in [2.24, 2.45) is 0 Å². The van der Waals surface area contributed by atoms with E-state index in [2.05, 4.69) is 30.3 Å². The molecule has 0 bridgehead atoms. The van der Waals surface area contributed by atoms with Crippen LogP contribution < -0.4 is 15.4 Å². The fourth-order valence-corrected chi connectivity index (χ4v) is 2.57. The van der Waals surface area contributed by atoms with Crippen molar-refractivity contribution >= 4 is 17.6 Å². The summed E-state index contributed by atoms with van der Waals surface area (Å²) in [4.78, 5) is 11.5. The Morgan fingerprint density at radius 2 is 1.53 bits per heavy atom. The van der Waals surface area contributed by atoms with Crippen molar-refractivity contribution in [2.75, 3.05) is 23.8 Å². The fraction of sp³-hybridized carbons (Fsp3) is 0.250. The molecule has 0 aliphatic heterocycles. The molecule has 6 nitrogen and oxygen atoms in total. The van der Waals surface area contributed by atoms with Gasteiger partial charge in [0, 0.05) is 12.2 Å². The SMILES string of the molecule is FC(F)(F)COc1nc(NCCc2ccccc2)nc(Nc2cccc(C(F)(F)F)c2)n1. The van der Waals surface area contributed by atoms with Gasteiger partial charge < -0.3 is 15.4 Å². The molecule has 2 N–H and O–H groups in total. The second-order valence-corrected chi connectivity index (χ2v) is 6.53. The number of nitrogens with zero attached hydrogens (tertiary/aromatic N) is 3. The highest BCUT2D eigenvalue weighted by atomic mass is 19.4. The van der Waals surface area contributed by atoms with E-state index in [-0.39, 0.29) is 17.6 Å². The Kier molecular flexibility index (Phi) is 7.01. The molecule has 0 aliphatic rings. The lowest BCUT2D eigenvalue weighted by molar-refractivity contribution is -0.154. The molecule has 2 aromatic carbocycles. The van der Waals surface area contributed by atoms with Crippen molar-refractivity contribution in [1.29, 1.82) is 0 Å². The Bertz CT molecular complexity index is 1030. The van der Waals surface area contributed by atoms with Gasteiger partial charge >= 0.3 is 18.4 Å². The molecule has 0 spiro atoms. The second-order valence-electron chi connectivity index (χ2n) is 6.53. The molecule has 12 heteroatoms. The summed E-state index contributed by atoms with van der Waals surface area (Å²) in [5, 5.41) is 5.39. The van der Waals surface area contributed by atoms with Crippen molar-refractivity contribution in [1.82, 2.24) is 15.0 Å². The molecule has 0 amide bonds. The average molecular weight is 457 g/mol. The molecule has 1 aromatic heterocycles. The number of benzene rings is 2. The molecule has 3 rings (SSSR count). The number of ether oxygens (including phenoxy) is 1. The fourth-order valence-electron chi connectivity index (χ4n) is 2.57. The van der Waals surface area contributed by atoms with Gasteiger partial charge in [0.05, 0.1) is 5.56 Å². The van der Waals surface area contributed by atoms with Gasteiger partial charge in [-0.2, -0.15) is 41.3 Å². The Labute approximate surface area is 178 Å². The van der Waals surface area contributed by atoms with Gasteiger partial charge in [0.2, 0.25) is 11.9 Å². The van der Waals surface area contributed by atoms with Crippen LogP contribution in [0, 0.1) is 0 Å². The van der Waals surface area contributed by atoms with Crippen LogP contribution in [0.3, 0.4) is 0 Å². The van der Waals surface area contributed by atoms with E-state index in [1.54, 1.807) is 0 Å². The standard InChI is InChI=1S/C20H17F6N5O/c21-19(22,23)12-32-18-30-16(27-10-9-13-5-2-1-3-6-13)29-17(31-18)28-15-8-4-7-14(11-15)20(24,25)26/h1-8,11H,9-10,12H2,(H2,27,28,29,30,31). The van der Waals surface area contributed by atoms with E-state index in [0.29, 0.717) is 13.0 Å². The Morgan fingerprint density at radius 1 is 0.812 bits per heavy atom. The van der Waals surface area contributed by atoms with Crippen LogP contribution in [0.4, 0.5) is 43.9 Å². The van der Waals surface area contributed by atoms with Crippen molar-refractivity contribution in [3.8, 4) is 6.01 Å². The van der Waals surface area contributed by atoms with E-state index in [1.165, 1.54) is 12.1 Å². The minimum Gasteiger partial charge on any atom is -0.454 e. The highest BCUT2D eigenvalue weighted by molar-refractivity contribution is 5.55. The van der Waals surface area contributed by atoms with E-state index >= 15 is 0 Å². The lowest BCUT2D eigenvalue weighted by Crippen LogP contribution is -2.21. The third kappa shape index (κ3) is 7.29. The summed E-state index contributed by atoms with van der Waals surface area (Å²) in [6.07, 6.45) is -8.62. The van der Waals surface area contributed by atoms with Gasteiger partial charge in [-0.3, -0.25) is 0 Å². The summed E-state index contributed by atoms with van der Waals surface area (Å²) in [6.45, 7) is -1.29. The number of alkyl halides is 6. The molecular formula is C20H17F6N5O. The zero-order chi connectivity index (χ0) is 23.2. The summed E-state index contributed by atoms with van der Waals surface area (Å²) in [7, 11) is 0. The number of nitrogens with one attached hydrogen (secondary N) is 2.